The van der Waals surface area contributed by atoms with Crippen LogP contribution in [-0.4, -0.2) is 42.7 Å². The summed E-state index contributed by atoms with van der Waals surface area (Å²) in [7, 11) is 1.63. The number of nitrogens with zero attached hydrogens (tertiary/aromatic N) is 1. The smallest absolute Gasteiger partial charge is 0.254 e. The molecule has 1 aliphatic rings. The summed E-state index contributed by atoms with van der Waals surface area (Å²) in [5.74, 6) is 0.733. The van der Waals surface area contributed by atoms with Crippen LogP contribution in [0.15, 0.2) is 48.5 Å². The van der Waals surface area contributed by atoms with Crippen LogP contribution in [0.2, 0.25) is 0 Å². The van der Waals surface area contributed by atoms with E-state index in [0.717, 1.165) is 16.9 Å². The van der Waals surface area contributed by atoms with Gasteiger partial charge in [-0.1, -0.05) is 24.3 Å². The van der Waals surface area contributed by atoms with Gasteiger partial charge in [0.05, 0.1) is 26.9 Å². The second kappa shape index (κ2) is 7.47. The zero-order valence-corrected chi connectivity index (χ0v) is 13.6. The summed E-state index contributed by atoms with van der Waals surface area (Å²) in [6.07, 6.45) is -0.168. The van der Waals surface area contributed by atoms with Crippen LogP contribution in [0.1, 0.15) is 27.6 Å². The fraction of sp³-hybridized carbons (Fsp3) is 0.316. The topological polar surface area (TPSA) is 59.0 Å². The van der Waals surface area contributed by atoms with Crippen molar-refractivity contribution in [3.05, 3.63) is 65.2 Å². The molecule has 1 unspecified atom stereocenters. The number of rotatable bonds is 4. The van der Waals surface area contributed by atoms with E-state index in [1.54, 1.807) is 36.3 Å². The molecule has 2 aromatic carbocycles. The zero-order valence-electron chi connectivity index (χ0n) is 13.6. The second-order valence-corrected chi connectivity index (χ2v) is 5.75. The summed E-state index contributed by atoms with van der Waals surface area (Å²) >= 11 is 0. The minimum atomic E-state index is -0.168. The molecule has 0 saturated carbocycles. The Bertz CT molecular complexity index is 716. The van der Waals surface area contributed by atoms with Gasteiger partial charge in [0.1, 0.15) is 11.9 Å². The van der Waals surface area contributed by atoms with Crippen LogP contribution in [0.5, 0.6) is 5.75 Å². The van der Waals surface area contributed by atoms with Gasteiger partial charge in [-0.25, -0.2) is 0 Å². The van der Waals surface area contributed by atoms with Crippen molar-refractivity contribution in [2.75, 3.05) is 26.8 Å². The Balaban J connectivity index is 1.76. The Kier molecular flexibility index (Phi) is 5.13. The monoisotopic (exact) mass is 327 g/mol. The van der Waals surface area contributed by atoms with E-state index < -0.39 is 0 Å². The lowest BCUT2D eigenvalue weighted by molar-refractivity contribution is -0.0228. The van der Waals surface area contributed by atoms with E-state index in [4.69, 9.17) is 9.47 Å². The molecular weight excluding hydrogens is 306 g/mol. The molecule has 1 fully saturated rings. The number of ether oxygens (including phenoxy) is 2. The largest absolute Gasteiger partial charge is 0.497 e. The highest BCUT2D eigenvalue weighted by atomic mass is 16.5. The van der Waals surface area contributed by atoms with Crippen molar-refractivity contribution in [3.8, 4) is 5.75 Å². The highest BCUT2D eigenvalue weighted by Gasteiger charge is 2.26. The van der Waals surface area contributed by atoms with E-state index >= 15 is 0 Å². The maximum absolute atomic E-state index is 12.7. The quantitative estimate of drug-likeness (QED) is 0.937. The van der Waals surface area contributed by atoms with Gasteiger partial charge in [-0.15, -0.1) is 0 Å². The lowest BCUT2D eigenvalue weighted by Crippen LogP contribution is -2.42. The first-order valence-corrected chi connectivity index (χ1v) is 7.96. The predicted molar refractivity (Wildman–Crippen MR) is 90.0 cm³/mol. The zero-order chi connectivity index (χ0) is 16.9. The molecule has 0 aromatic heterocycles. The number of hydrogen-bond donors (Lipinski definition) is 1. The minimum absolute atomic E-state index is 0.0403. The summed E-state index contributed by atoms with van der Waals surface area (Å²) in [4.78, 5) is 14.5. The van der Waals surface area contributed by atoms with Crippen LogP contribution >= 0.6 is 0 Å². The number of carbonyl (C=O) groups is 1. The summed E-state index contributed by atoms with van der Waals surface area (Å²) in [6, 6.07) is 14.8. The number of benzene rings is 2. The highest BCUT2D eigenvalue weighted by Crippen LogP contribution is 2.26. The first-order chi connectivity index (χ1) is 11.7. The Morgan fingerprint density at radius 1 is 1.29 bits per heavy atom. The molecule has 2 aromatic rings. The van der Waals surface area contributed by atoms with Crippen LogP contribution in [0.4, 0.5) is 0 Å². The molecule has 0 bridgehead atoms. The minimum Gasteiger partial charge on any atom is -0.497 e. The van der Waals surface area contributed by atoms with Crippen molar-refractivity contribution >= 4 is 5.91 Å². The fourth-order valence-electron chi connectivity index (χ4n) is 2.86. The van der Waals surface area contributed by atoms with Gasteiger partial charge in [0.15, 0.2) is 0 Å². The van der Waals surface area contributed by atoms with Crippen molar-refractivity contribution < 1.29 is 19.4 Å². The number of hydrogen-bond acceptors (Lipinski definition) is 4. The average Bonchev–Trinajstić information content (AvgIpc) is 2.67. The van der Waals surface area contributed by atoms with Crippen LogP contribution in [-0.2, 0) is 11.3 Å². The van der Waals surface area contributed by atoms with Crippen molar-refractivity contribution in [2.24, 2.45) is 0 Å². The van der Waals surface area contributed by atoms with Crippen molar-refractivity contribution in [3.63, 3.8) is 0 Å². The van der Waals surface area contributed by atoms with Crippen molar-refractivity contribution in [2.45, 2.75) is 12.7 Å². The molecule has 5 heteroatoms. The molecule has 1 N–H and O–H groups in total. The molecule has 1 heterocycles. The van der Waals surface area contributed by atoms with Crippen LogP contribution in [0.25, 0.3) is 0 Å². The molecule has 24 heavy (non-hydrogen) atoms. The first kappa shape index (κ1) is 16.5. The molecule has 3 rings (SSSR count). The fourth-order valence-corrected chi connectivity index (χ4v) is 2.86. The molecule has 1 saturated heterocycles. The summed E-state index contributed by atoms with van der Waals surface area (Å²) < 4.78 is 11.1. The Morgan fingerprint density at radius 3 is 2.92 bits per heavy atom. The third-order valence-corrected chi connectivity index (χ3v) is 4.18. The third kappa shape index (κ3) is 3.58. The summed E-state index contributed by atoms with van der Waals surface area (Å²) in [5.41, 5.74) is 2.32. The van der Waals surface area contributed by atoms with Gasteiger partial charge >= 0.3 is 0 Å². The van der Waals surface area contributed by atoms with Gasteiger partial charge in [-0.2, -0.15) is 0 Å². The van der Waals surface area contributed by atoms with Gasteiger partial charge in [-0.05, 0) is 35.4 Å². The van der Waals surface area contributed by atoms with E-state index in [-0.39, 0.29) is 18.6 Å². The number of aliphatic hydroxyl groups excluding tert-OH is 1. The summed E-state index contributed by atoms with van der Waals surface area (Å²) in [5, 5.41) is 9.24. The normalized spacial score (nSPS) is 17.6. The van der Waals surface area contributed by atoms with E-state index in [2.05, 4.69) is 0 Å². The van der Waals surface area contributed by atoms with Crippen LogP contribution in [0.3, 0.4) is 0 Å². The highest BCUT2D eigenvalue weighted by molar-refractivity contribution is 5.94. The molecule has 0 spiro atoms. The average molecular weight is 327 g/mol. The lowest BCUT2D eigenvalue weighted by atomic mass is 10.1. The molecule has 0 aliphatic carbocycles. The standard InChI is InChI=1S/C19H21NO4/c1-23-17-7-3-5-15(11-17)18-12-20(8-9-24-18)19(22)16-6-2-4-14(10-16)13-21/h2-7,10-11,18,21H,8-9,12-13H2,1H3. The Morgan fingerprint density at radius 2 is 2.12 bits per heavy atom. The van der Waals surface area contributed by atoms with E-state index in [9.17, 15) is 9.90 Å². The first-order valence-electron chi connectivity index (χ1n) is 7.96. The van der Waals surface area contributed by atoms with Gasteiger partial charge in [0.25, 0.3) is 5.91 Å². The number of amides is 1. The molecule has 1 amide bonds. The van der Waals surface area contributed by atoms with Crippen molar-refractivity contribution in [1.82, 2.24) is 4.90 Å². The van der Waals surface area contributed by atoms with Gasteiger partial charge < -0.3 is 19.5 Å². The van der Waals surface area contributed by atoms with Gasteiger partial charge in [0.2, 0.25) is 0 Å². The SMILES string of the molecule is COc1cccc(C2CN(C(=O)c3cccc(CO)c3)CCO2)c1. The number of carbonyl (C=O) groups excluding carboxylic acids is 1. The molecule has 1 aliphatic heterocycles. The van der Waals surface area contributed by atoms with Gasteiger partial charge in [-0.3, -0.25) is 4.79 Å². The lowest BCUT2D eigenvalue weighted by Gasteiger charge is -2.33. The van der Waals surface area contributed by atoms with Crippen LogP contribution < -0.4 is 4.74 Å². The maximum Gasteiger partial charge on any atom is 0.254 e. The number of morpholine rings is 1. The van der Waals surface area contributed by atoms with E-state index in [0.29, 0.717) is 25.3 Å². The summed E-state index contributed by atoms with van der Waals surface area (Å²) in [6.45, 7) is 1.47. The van der Waals surface area contributed by atoms with E-state index in [1.165, 1.54) is 0 Å². The Labute approximate surface area is 141 Å². The number of aliphatic hydroxyl groups is 1. The van der Waals surface area contributed by atoms with Crippen molar-refractivity contribution in [1.29, 1.82) is 0 Å². The second-order valence-electron chi connectivity index (χ2n) is 5.75. The van der Waals surface area contributed by atoms with Gasteiger partial charge in [0, 0.05) is 12.1 Å². The molecule has 0 radical (unpaired) electrons. The van der Waals surface area contributed by atoms with Crippen LogP contribution in [0, 0.1) is 0 Å². The van der Waals surface area contributed by atoms with E-state index in [1.807, 2.05) is 24.3 Å². The third-order valence-electron chi connectivity index (χ3n) is 4.18. The molecule has 126 valence electrons. The molecule has 1 atom stereocenters. The Hall–Kier alpha value is -2.37. The number of methoxy groups -OCH3 is 1. The maximum atomic E-state index is 12.7. The molecular formula is C19H21NO4. The predicted octanol–water partition coefficient (Wildman–Crippen LogP) is 2.40. The molecule has 5 nitrogen and oxygen atoms in total.